The van der Waals surface area contributed by atoms with E-state index in [4.69, 9.17) is 21.1 Å². The summed E-state index contributed by atoms with van der Waals surface area (Å²) in [6, 6.07) is 5.77. The van der Waals surface area contributed by atoms with Crippen molar-refractivity contribution in [3.63, 3.8) is 0 Å². The lowest BCUT2D eigenvalue weighted by atomic mass is 10.2. The van der Waals surface area contributed by atoms with Gasteiger partial charge >= 0.3 is 0 Å². The molecule has 0 amide bonds. The molecule has 0 radical (unpaired) electrons. The summed E-state index contributed by atoms with van der Waals surface area (Å²) in [6.45, 7) is 5.22. The Labute approximate surface area is 114 Å². The molecule has 18 heavy (non-hydrogen) atoms. The fourth-order valence-electron chi connectivity index (χ4n) is 1.62. The van der Waals surface area contributed by atoms with Crippen LogP contribution in [-0.4, -0.2) is 26.9 Å². The molecule has 4 heteroatoms. The van der Waals surface area contributed by atoms with Crippen LogP contribution < -0.4 is 10.1 Å². The summed E-state index contributed by atoms with van der Waals surface area (Å²) in [4.78, 5) is 0. The highest BCUT2D eigenvalue weighted by molar-refractivity contribution is 6.31. The van der Waals surface area contributed by atoms with Crippen LogP contribution in [0.4, 0.5) is 0 Å². The maximum atomic E-state index is 6.20. The van der Waals surface area contributed by atoms with E-state index in [0.29, 0.717) is 13.2 Å². The summed E-state index contributed by atoms with van der Waals surface area (Å²) in [5, 5.41) is 4.10. The summed E-state index contributed by atoms with van der Waals surface area (Å²) in [5.41, 5.74) is 1.03. The summed E-state index contributed by atoms with van der Waals surface area (Å²) in [7, 11) is 1.69. The Bertz CT molecular complexity index is 345. The standard InChI is InChI=1S/C14H22ClNO2/c1-3-8-16-11-12-13(15)6-4-7-14(12)18-10-5-9-17-2/h4,6-7,16H,3,5,8-11H2,1-2H3. The van der Waals surface area contributed by atoms with Gasteiger partial charge in [0.25, 0.3) is 0 Å². The van der Waals surface area contributed by atoms with Crippen LogP contribution in [-0.2, 0) is 11.3 Å². The van der Waals surface area contributed by atoms with Gasteiger partial charge in [-0.3, -0.25) is 0 Å². The van der Waals surface area contributed by atoms with Crippen molar-refractivity contribution in [2.75, 3.05) is 26.9 Å². The van der Waals surface area contributed by atoms with E-state index in [9.17, 15) is 0 Å². The normalized spacial score (nSPS) is 10.6. The van der Waals surface area contributed by atoms with Gasteiger partial charge in [0, 0.05) is 37.3 Å². The van der Waals surface area contributed by atoms with Crippen molar-refractivity contribution in [2.45, 2.75) is 26.3 Å². The Balaban J connectivity index is 2.56. The van der Waals surface area contributed by atoms with Crippen LogP contribution in [0.2, 0.25) is 5.02 Å². The molecule has 0 saturated heterocycles. The average molecular weight is 272 g/mol. The molecule has 1 N–H and O–H groups in total. The summed E-state index contributed by atoms with van der Waals surface area (Å²) < 4.78 is 10.7. The lowest BCUT2D eigenvalue weighted by Crippen LogP contribution is -2.15. The molecule has 0 bridgehead atoms. The van der Waals surface area contributed by atoms with Gasteiger partial charge in [0.1, 0.15) is 5.75 Å². The quantitative estimate of drug-likeness (QED) is 0.700. The van der Waals surface area contributed by atoms with Crippen LogP contribution in [0.1, 0.15) is 25.3 Å². The molecule has 1 rings (SSSR count). The molecule has 0 fully saturated rings. The lowest BCUT2D eigenvalue weighted by molar-refractivity contribution is 0.171. The fraction of sp³-hybridized carbons (Fsp3) is 0.571. The first kappa shape index (κ1) is 15.3. The van der Waals surface area contributed by atoms with Gasteiger partial charge in [0.15, 0.2) is 0 Å². The predicted molar refractivity (Wildman–Crippen MR) is 75.4 cm³/mol. The molecule has 0 aliphatic carbocycles. The van der Waals surface area contributed by atoms with Gasteiger partial charge in [-0.15, -0.1) is 0 Å². The van der Waals surface area contributed by atoms with Crippen molar-refractivity contribution < 1.29 is 9.47 Å². The zero-order valence-corrected chi connectivity index (χ0v) is 11.9. The van der Waals surface area contributed by atoms with Crippen molar-refractivity contribution >= 4 is 11.6 Å². The zero-order chi connectivity index (χ0) is 13.2. The number of rotatable bonds is 9. The second-order valence-electron chi connectivity index (χ2n) is 4.09. The number of ether oxygens (including phenoxy) is 2. The van der Waals surface area contributed by atoms with Gasteiger partial charge in [0.05, 0.1) is 6.61 Å². The zero-order valence-electron chi connectivity index (χ0n) is 11.2. The van der Waals surface area contributed by atoms with E-state index in [2.05, 4.69) is 12.2 Å². The Morgan fingerprint density at radius 1 is 1.28 bits per heavy atom. The Morgan fingerprint density at radius 2 is 2.11 bits per heavy atom. The van der Waals surface area contributed by atoms with E-state index in [1.165, 1.54) is 0 Å². The van der Waals surface area contributed by atoms with E-state index in [-0.39, 0.29) is 0 Å². The van der Waals surface area contributed by atoms with Crippen LogP contribution in [0, 0.1) is 0 Å². The minimum atomic E-state index is 0.648. The van der Waals surface area contributed by atoms with Gasteiger partial charge in [0.2, 0.25) is 0 Å². The summed E-state index contributed by atoms with van der Waals surface area (Å²) in [6.07, 6.45) is 1.99. The molecule has 3 nitrogen and oxygen atoms in total. The van der Waals surface area contributed by atoms with Crippen LogP contribution in [0.3, 0.4) is 0 Å². The largest absolute Gasteiger partial charge is 0.493 e. The highest BCUT2D eigenvalue weighted by Gasteiger charge is 2.07. The summed E-state index contributed by atoms with van der Waals surface area (Å²) >= 11 is 6.20. The molecule has 0 aliphatic rings. The van der Waals surface area contributed by atoms with E-state index < -0.39 is 0 Å². The average Bonchev–Trinajstić information content (AvgIpc) is 2.37. The van der Waals surface area contributed by atoms with E-state index in [1.54, 1.807) is 7.11 Å². The predicted octanol–water partition coefficient (Wildman–Crippen LogP) is 3.25. The maximum absolute atomic E-state index is 6.20. The molecule has 102 valence electrons. The van der Waals surface area contributed by atoms with Crippen molar-refractivity contribution in [2.24, 2.45) is 0 Å². The Hall–Kier alpha value is -0.770. The molecule has 1 aromatic rings. The molecule has 0 atom stereocenters. The maximum Gasteiger partial charge on any atom is 0.125 e. The number of halogens is 1. The lowest BCUT2D eigenvalue weighted by Gasteiger charge is -2.13. The van der Waals surface area contributed by atoms with Crippen LogP contribution in [0.15, 0.2) is 18.2 Å². The second-order valence-corrected chi connectivity index (χ2v) is 4.50. The molecular weight excluding hydrogens is 250 g/mol. The third-order valence-corrected chi connectivity index (χ3v) is 2.91. The molecule has 0 aliphatic heterocycles. The van der Waals surface area contributed by atoms with Gasteiger partial charge in [-0.05, 0) is 25.1 Å². The number of hydrogen-bond donors (Lipinski definition) is 1. The number of nitrogens with one attached hydrogen (secondary N) is 1. The molecular formula is C14H22ClNO2. The monoisotopic (exact) mass is 271 g/mol. The molecule has 0 aromatic heterocycles. The van der Waals surface area contributed by atoms with Crippen molar-refractivity contribution in [1.29, 1.82) is 0 Å². The third-order valence-electron chi connectivity index (χ3n) is 2.55. The van der Waals surface area contributed by atoms with Crippen molar-refractivity contribution in [1.82, 2.24) is 5.32 Å². The smallest absolute Gasteiger partial charge is 0.125 e. The fourth-order valence-corrected chi connectivity index (χ4v) is 1.85. The van der Waals surface area contributed by atoms with Crippen molar-refractivity contribution in [3.8, 4) is 5.75 Å². The third kappa shape index (κ3) is 5.25. The number of methoxy groups -OCH3 is 1. The highest BCUT2D eigenvalue weighted by atomic mass is 35.5. The second kappa shape index (κ2) is 9.20. The highest BCUT2D eigenvalue weighted by Crippen LogP contribution is 2.26. The minimum Gasteiger partial charge on any atom is -0.493 e. The Kier molecular flexibility index (Phi) is 7.81. The molecule has 0 heterocycles. The number of benzene rings is 1. The molecule has 1 aromatic carbocycles. The summed E-state index contributed by atoms with van der Waals surface area (Å²) in [5.74, 6) is 0.863. The first-order chi connectivity index (χ1) is 8.79. The Morgan fingerprint density at radius 3 is 2.83 bits per heavy atom. The molecule has 0 unspecified atom stereocenters. The first-order valence-electron chi connectivity index (χ1n) is 6.39. The SMILES string of the molecule is CCCNCc1c(Cl)cccc1OCCCOC. The van der Waals surface area contributed by atoms with Gasteiger partial charge in [-0.1, -0.05) is 24.6 Å². The molecule has 0 saturated carbocycles. The van der Waals surface area contributed by atoms with E-state index in [1.807, 2.05) is 18.2 Å². The number of hydrogen-bond acceptors (Lipinski definition) is 3. The first-order valence-corrected chi connectivity index (χ1v) is 6.77. The van der Waals surface area contributed by atoms with Crippen molar-refractivity contribution in [3.05, 3.63) is 28.8 Å². The van der Waals surface area contributed by atoms with Gasteiger partial charge < -0.3 is 14.8 Å². The van der Waals surface area contributed by atoms with Crippen LogP contribution in [0.25, 0.3) is 0 Å². The van der Waals surface area contributed by atoms with E-state index in [0.717, 1.165) is 42.3 Å². The van der Waals surface area contributed by atoms with Gasteiger partial charge in [-0.2, -0.15) is 0 Å². The van der Waals surface area contributed by atoms with E-state index >= 15 is 0 Å². The minimum absolute atomic E-state index is 0.648. The molecule has 0 spiro atoms. The van der Waals surface area contributed by atoms with Crippen LogP contribution in [0.5, 0.6) is 5.75 Å². The van der Waals surface area contributed by atoms with Gasteiger partial charge in [-0.25, -0.2) is 0 Å². The topological polar surface area (TPSA) is 30.5 Å². The van der Waals surface area contributed by atoms with Crippen LogP contribution >= 0.6 is 11.6 Å².